The Kier molecular flexibility index (Phi) is 2.42. The third-order valence-corrected chi connectivity index (χ3v) is 1.78. The summed E-state index contributed by atoms with van der Waals surface area (Å²) in [6.07, 6.45) is 0. The number of nitrogens with two attached hydrogens (primary N) is 1. The van der Waals surface area contributed by atoms with Gasteiger partial charge in [0.1, 0.15) is 5.75 Å². The monoisotopic (exact) mass is 195 g/mol. The number of nitrogen functional groups attached to an aromatic ring is 1. The number of Topliss-reactive ketones (excluding diaryl/α,β-unsaturated/α-hetero) is 1. The minimum absolute atomic E-state index is 0.0448. The zero-order valence-corrected chi connectivity index (χ0v) is 7.44. The molecule has 0 aliphatic carbocycles. The van der Waals surface area contributed by atoms with Crippen molar-refractivity contribution >= 4 is 17.4 Å². The average Bonchev–Trinajstić information content (AvgIpc) is 2.02. The van der Waals surface area contributed by atoms with Crippen LogP contribution in [0.5, 0.6) is 5.75 Å². The van der Waals surface area contributed by atoms with Gasteiger partial charge in [-0.15, -0.1) is 0 Å². The van der Waals surface area contributed by atoms with Gasteiger partial charge in [-0.3, -0.25) is 4.79 Å². The van der Waals surface area contributed by atoms with E-state index in [1.807, 2.05) is 0 Å². The topological polar surface area (TPSA) is 101 Å². The van der Waals surface area contributed by atoms with Crippen LogP contribution in [0.3, 0.4) is 0 Å². The van der Waals surface area contributed by atoms with E-state index in [1.165, 1.54) is 6.92 Å². The van der Waals surface area contributed by atoms with Gasteiger partial charge in [-0.25, -0.2) is 4.79 Å². The number of phenolic OH excluding ortho intramolecular Hbond substituents is 1. The van der Waals surface area contributed by atoms with E-state index in [0.717, 1.165) is 12.1 Å². The summed E-state index contributed by atoms with van der Waals surface area (Å²) in [4.78, 5) is 21.6. The fraction of sp³-hybridized carbons (Fsp3) is 0.111. The number of ketones is 1. The molecule has 0 amide bonds. The summed E-state index contributed by atoms with van der Waals surface area (Å²) >= 11 is 0. The first-order valence-corrected chi connectivity index (χ1v) is 3.80. The molecule has 14 heavy (non-hydrogen) atoms. The number of carbonyl (C=O) groups is 2. The van der Waals surface area contributed by atoms with Crippen molar-refractivity contribution in [2.75, 3.05) is 5.73 Å². The highest BCUT2D eigenvalue weighted by Crippen LogP contribution is 2.24. The van der Waals surface area contributed by atoms with Crippen molar-refractivity contribution in [3.05, 3.63) is 23.3 Å². The Labute approximate surface area is 79.8 Å². The molecule has 0 aromatic heterocycles. The van der Waals surface area contributed by atoms with Crippen molar-refractivity contribution in [1.82, 2.24) is 0 Å². The molecular weight excluding hydrogens is 186 g/mol. The molecule has 0 unspecified atom stereocenters. The Bertz CT molecular complexity index is 376. The standard InChI is InChI=1S/C9H9NO4/c1-4(11)5-2-6(9(13)14)7(10)3-8(5)12/h2-3,12H,10H2,1H3,(H,13,14). The number of hydrogen-bond acceptors (Lipinski definition) is 4. The first-order chi connectivity index (χ1) is 6.43. The van der Waals surface area contributed by atoms with Gasteiger partial charge in [-0.05, 0) is 13.0 Å². The maximum atomic E-state index is 11.0. The van der Waals surface area contributed by atoms with Crippen molar-refractivity contribution in [2.45, 2.75) is 6.92 Å². The van der Waals surface area contributed by atoms with Crippen molar-refractivity contribution < 1.29 is 19.8 Å². The van der Waals surface area contributed by atoms with Crippen LogP contribution >= 0.6 is 0 Å². The summed E-state index contributed by atoms with van der Waals surface area (Å²) in [5, 5.41) is 18.0. The van der Waals surface area contributed by atoms with Gasteiger partial charge in [0.2, 0.25) is 0 Å². The number of carbonyl (C=O) groups excluding carboxylic acids is 1. The molecule has 0 fully saturated rings. The zero-order chi connectivity index (χ0) is 10.9. The average molecular weight is 195 g/mol. The molecule has 0 aliphatic rings. The largest absolute Gasteiger partial charge is 0.507 e. The van der Waals surface area contributed by atoms with Crippen LogP contribution in [0, 0.1) is 0 Å². The maximum Gasteiger partial charge on any atom is 0.337 e. The molecule has 5 nitrogen and oxygen atoms in total. The van der Waals surface area contributed by atoms with Crippen molar-refractivity contribution in [3.8, 4) is 5.75 Å². The highest BCUT2D eigenvalue weighted by atomic mass is 16.4. The third kappa shape index (κ3) is 1.66. The first kappa shape index (κ1) is 10.0. The molecule has 1 rings (SSSR count). The third-order valence-electron chi connectivity index (χ3n) is 1.78. The Hall–Kier alpha value is -2.04. The second-order valence-corrected chi connectivity index (χ2v) is 2.82. The van der Waals surface area contributed by atoms with Crippen molar-refractivity contribution in [1.29, 1.82) is 0 Å². The summed E-state index contributed by atoms with van der Waals surface area (Å²) in [5.41, 5.74) is 5.04. The molecule has 0 spiro atoms. The second-order valence-electron chi connectivity index (χ2n) is 2.82. The molecule has 0 bridgehead atoms. The predicted octanol–water partition coefficient (Wildman–Crippen LogP) is 0.875. The van der Waals surface area contributed by atoms with Crippen molar-refractivity contribution in [3.63, 3.8) is 0 Å². The number of phenols is 1. The van der Waals surface area contributed by atoms with E-state index in [9.17, 15) is 14.7 Å². The SMILES string of the molecule is CC(=O)c1cc(C(=O)O)c(N)cc1O. The van der Waals surface area contributed by atoms with Gasteiger partial charge in [0.05, 0.1) is 11.1 Å². The van der Waals surface area contributed by atoms with Gasteiger partial charge in [-0.1, -0.05) is 0 Å². The van der Waals surface area contributed by atoms with Gasteiger partial charge in [0, 0.05) is 11.8 Å². The van der Waals surface area contributed by atoms with Gasteiger partial charge in [-0.2, -0.15) is 0 Å². The number of carboxylic acid groups (broad SMARTS) is 1. The van der Waals surface area contributed by atoms with E-state index in [4.69, 9.17) is 10.8 Å². The molecule has 0 atom stereocenters. The zero-order valence-electron chi connectivity index (χ0n) is 7.44. The van der Waals surface area contributed by atoms with Crippen LogP contribution in [0.1, 0.15) is 27.6 Å². The predicted molar refractivity (Wildman–Crippen MR) is 49.5 cm³/mol. The van der Waals surface area contributed by atoms with Crippen LogP contribution in [0.4, 0.5) is 5.69 Å². The van der Waals surface area contributed by atoms with E-state index in [0.29, 0.717) is 0 Å². The molecule has 0 aliphatic heterocycles. The van der Waals surface area contributed by atoms with Crippen LogP contribution in [-0.4, -0.2) is 22.0 Å². The lowest BCUT2D eigenvalue weighted by Gasteiger charge is -2.05. The molecule has 0 saturated heterocycles. The molecule has 0 radical (unpaired) electrons. The minimum Gasteiger partial charge on any atom is -0.507 e. The molecule has 1 aromatic rings. The van der Waals surface area contributed by atoms with Gasteiger partial charge in [0.15, 0.2) is 5.78 Å². The number of rotatable bonds is 2. The molecule has 74 valence electrons. The Morgan fingerprint density at radius 3 is 2.29 bits per heavy atom. The number of anilines is 1. The first-order valence-electron chi connectivity index (χ1n) is 3.80. The van der Waals surface area contributed by atoms with Crippen LogP contribution in [0.25, 0.3) is 0 Å². The molecule has 0 heterocycles. The van der Waals surface area contributed by atoms with Crippen molar-refractivity contribution in [2.24, 2.45) is 0 Å². The van der Waals surface area contributed by atoms with Crippen LogP contribution in [0.15, 0.2) is 12.1 Å². The number of benzene rings is 1. The second kappa shape index (κ2) is 3.37. The Morgan fingerprint density at radius 2 is 1.86 bits per heavy atom. The highest BCUT2D eigenvalue weighted by Gasteiger charge is 2.14. The summed E-state index contributed by atoms with van der Waals surface area (Å²) in [6, 6.07) is 2.12. The fourth-order valence-electron chi connectivity index (χ4n) is 1.07. The number of aromatic carboxylic acids is 1. The number of carboxylic acids is 1. The van der Waals surface area contributed by atoms with E-state index < -0.39 is 11.8 Å². The van der Waals surface area contributed by atoms with E-state index in [1.54, 1.807) is 0 Å². The Balaban J connectivity index is 3.42. The van der Waals surface area contributed by atoms with E-state index in [2.05, 4.69) is 0 Å². The summed E-state index contributed by atoms with van der Waals surface area (Å²) in [6.45, 7) is 1.23. The number of hydrogen-bond donors (Lipinski definition) is 3. The fourth-order valence-corrected chi connectivity index (χ4v) is 1.07. The van der Waals surface area contributed by atoms with Crippen LogP contribution in [0.2, 0.25) is 0 Å². The van der Waals surface area contributed by atoms with Crippen LogP contribution in [-0.2, 0) is 0 Å². The quantitative estimate of drug-likeness (QED) is 0.480. The smallest absolute Gasteiger partial charge is 0.337 e. The van der Waals surface area contributed by atoms with E-state index in [-0.39, 0.29) is 22.6 Å². The molecule has 4 N–H and O–H groups in total. The minimum atomic E-state index is -1.23. The summed E-state index contributed by atoms with van der Waals surface area (Å²) < 4.78 is 0. The maximum absolute atomic E-state index is 11.0. The lowest BCUT2D eigenvalue weighted by atomic mass is 10.0. The molecule has 0 saturated carbocycles. The number of aromatic hydroxyl groups is 1. The normalized spacial score (nSPS) is 9.79. The lowest BCUT2D eigenvalue weighted by Crippen LogP contribution is -2.05. The van der Waals surface area contributed by atoms with Gasteiger partial charge >= 0.3 is 5.97 Å². The molecule has 1 aromatic carbocycles. The summed E-state index contributed by atoms with van der Waals surface area (Å²) in [7, 11) is 0. The lowest BCUT2D eigenvalue weighted by molar-refractivity contribution is 0.0698. The van der Waals surface area contributed by atoms with Gasteiger partial charge in [0.25, 0.3) is 0 Å². The van der Waals surface area contributed by atoms with Gasteiger partial charge < -0.3 is 15.9 Å². The van der Waals surface area contributed by atoms with E-state index >= 15 is 0 Å². The highest BCUT2D eigenvalue weighted by molar-refractivity contribution is 6.02. The molecular formula is C9H9NO4. The van der Waals surface area contributed by atoms with Crippen LogP contribution < -0.4 is 5.73 Å². The molecule has 5 heteroatoms. The Morgan fingerprint density at radius 1 is 1.29 bits per heavy atom. The summed E-state index contributed by atoms with van der Waals surface area (Å²) in [5.74, 6) is -1.95.